The summed E-state index contributed by atoms with van der Waals surface area (Å²) in [7, 11) is 1.74. The normalized spacial score (nSPS) is 16.9. The number of β-amino-alcohol motifs (C(OH)–C–C–N with tert-alkyl or cyclic N) is 1. The number of hydrogen-bond donors (Lipinski definition) is 1. The van der Waals surface area contributed by atoms with Gasteiger partial charge in [-0.3, -0.25) is 9.69 Å². The average Bonchev–Trinajstić information content (AvgIpc) is 2.61. The predicted molar refractivity (Wildman–Crippen MR) is 94.2 cm³/mol. The van der Waals surface area contributed by atoms with Gasteiger partial charge in [-0.2, -0.15) is 0 Å². The molecule has 0 radical (unpaired) electrons. The lowest BCUT2D eigenvalue weighted by Crippen LogP contribution is -2.45. The summed E-state index contributed by atoms with van der Waals surface area (Å²) in [5, 5.41) is 12.3. The Morgan fingerprint density at radius 2 is 1.92 bits per heavy atom. The fraction of sp³-hybridized carbons (Fsp3) is 0.421. The Kier molecular flexibility index (Phi) is 5.45. The van der Waals surface area contributed by atoms with Crippen molar-refractivity contribution >= 4 is 16.7 Å². The lowest BCUT2D eigenvalue weighted by Gasteiger charge is -2.30. The molecule has 1 saturated heterocycles. The smallest absolute Gasteiger partial charge is 0.254 e. The molecule has 0 bridgehead atoms. The zero-order valence-corrected chi connectivity index (χ0v) is 14.0. The van der Waals surface area contributed by atoms with E-state index in [0.29, 0.717) is 31.9 Å². The molecule has 5 heteroatoms. The Bertz CT molecular complexity index is 693. The number of morpholine rings is 1. The second-order valence-electron chi connectivity index (χ2n) is 6.28. The molecule has 1 N–H and O–H groups in total. The number of aliphatic hydroxyl groups excluding tert-OH is 1. The zero-order chi connectivity index (χ0) is 16.9. The molecule has 2 aromatic rings. The third-order valence-corrected chi connectivity index (χ3v) is 4.42. The van der Waals surface area contributed by atoms with Crippen LogP contribution in [0.25, 0.3) is 10.8 Å². The van der Waals surface area contributed by atoms with Crippen LogP contribution in [-0.2, 0) is 4.74 Å². The number of benzene rings is 2. The van der Waals surface area contributed by atoms with Gasteiger partial charge in [0, 0.05) is 38.8 Å². The Hall–Kier alpha value is -1.95. The lowest BCUT2D eigenvalue weighted by molar-refractivity contribution is 0.00880. The van der Waals surface area contributed by atoms with Crippen molar-refractivity contribution in [3.63, 3.8) is 0 Å². The standard InChI is InChI=1S/C19H24N2O3/c1-20(13-16(22)14-21-9-11-24-12-10-21)19(23)18-8-4-6-15-5-2-3-7-17(15)18/h2-8,16,22H,9-14H2,1H3. The van der Waals surface area contributed by atoms with Crippen LogP contribution in [-0.4, -0.2) is 73.4 Å². The van der Waals surface area contributed by atoms with E-state index < -0.39 is 6.10 Å². The molecule has 1 unspecified atom stereocenters. The number of hydrogen-bond acceptors (Lipinski definition) is 4. The number of amides is 1. The molecule has 1 aliphatic heterocycles. The van der Waals surface area contributed by atoms with Crippen molar-refractivity contribution in [1.29, 1.82) is 0 Å². The van der Waals surface area contributed by atoms with Crippen molar-refractivity contribution in [3.8, 4) is 0 Å². The van der Waals surface area contributed by atoms with E-state index in [1.807, 2.05) is 42.5 Å². The van der Waals surface area contributed by atoms with Crippen LogP contribution >= 0.6 is 0 Å². The van der Waals surface area contributed by atoms with E-state index in [2.05, 4.69) is 4.90 Å². The topological polar surface area (TPSA) is 53.0 Å². The summed E-state index contributed by atoms with van der Waals surface area (Å²) in [6.07, 6.45) is -0.563. The number of likely N-dealkylation sites (N-methyl/N-ethyl adjacent to an activating group) is 1. The van der Waals surface area contributed by atoms with Gasteiger partial charge in [0.1, 0.15) is 0 Å². The highest BCUT2D eigenvalue weighted by molar-refractivity contribution is 6.06. The SMILES string of the molecule is CN(CC(O)CN1CCOCC1)C(=O)c1cccc2ccccc12. The summed E-state index contributed by atoms with van der Waals surface area (Å²) < 4.78 is 5.31. The zero-order valence-electron chi connectivity index (χ0n) is 14.0. The van der Waals surface area contributed by atoms with Crippen LogP contribution in [0.5, 0.6) is 0 Å². The highest BCUT2D eigenvalue weighted by Gasteiger charge is 2.20. The molecule has 1 atom stereocenters. The van der Waals surface area contributed by atoms with Gasteiger partial charge >= 0.3 is 0 Å². The van der Waals surface area contributed by atoms with Gasteiger partial charge in [-0.1, -0.05) is 36.4 Å². The summed E-state index contributed by atoms with van der Waals surface area (Å²) in [5.41, 5.74) is 0.675. The van der Waals surface area contributed by atoms with Crippen LogP contribution in [0.1, 0.15) is 10.4 Å². The molecular formula is C19H24N2O3. The van der Waals surface area contributed by atoms with Crippen LogP contribution in [0.15, 0.2) is 42.5 Å². The van der Waals surface area contributed by atoms with Gasteiger partial charge in [0.05, 0.1) is 19.3 Å². The second kappa shape index (κ2) is 7.75. The van der Waals surface area contributed by atoms with Crippen LogP contribution in [0.4, 0.5) is 0 Å². The molecule has 0 spiro atoms. The van der Waals surface area contributed by atoms with Crippen molar-refractivity contribution in [2.75, 3.05) is 46.4 Å². The summed E-state index contributed by atoms with van der Waals surface area (Å²) in [6, 6.07) is 13.6. The monoisotopic (exact) mass is 328 g/mol. The highest BCUT2D eigenvalue weighted by Crippen LogP contribution is 2.19. The minimum absolute atomic E-state index is 0.0622. The summed E-state index contributed by atoms with van der Waals surface area (Å²) in [6.45, 7) is 3.96. The molecule has 3 rings (SSSR count). The first-order valence-corrected chi connectivity index (χ1v) is 8.36. The minimum atomic E-state index is -0.563. The van der Waals surface area contributed by atoms with Gasteiger partial charge in [-0.25, -0.2) is 0 Å². The fourth-order valence-corrected chi connectivity index (χ4v) is 3.16. The third-order valence-electron chi connectivity index (χ3n) is 4.42. The molecule has 24 heavy (non-hydrogen) atoms. The van der Waals surface area contributed by atoms with Gasteiger partial charge in [-0.15, -0.1) is 0 Å². The molecular weight excluding hydrogens is 304 g/mol. The summed E-state index contributed by atoms with van der Waals surface area (Å²) >= 11 is 0. The van der Waals surface area contributed by atoms with Crippen molar-refractivity contribution in [2.24, 2.45) is 0 Å². The average molecular weight is 328 g/mol. The predicted octanol–water partition coefficient (Wildman–Crippen LogP) is 1.60. The second-order valence-corrected chi connectivity index (χ2v) is 6.28. The van der Waals surface area contributed by atoms with E-state index in [9.17, 15) is 9.90 Å². The van der Waals surface area contributed by atoms with Crippen LogP contribution < -0.4 is 0 Å². The molecule has 2 aromatic carbocycles. The van der Waals surface area contributed by atoms with E-state index in [-0.39, 0.29) is 5.91 Å². The maximum atomic E-state index is 12.8. The molecule has 1 fully saturated rings. The highest BCUT2D eigenvalue weighted by atomic mass is 16.5. The van der Waals surface area contributed by atoms with E-state index in [1.54, 1.807) is 11.9 Å². The lowest BCUT2D eigenvalue weighted by atomic mass is 10.0. The number of fused-ring (bicyclic) bond motifs is 1. The molecule has 1 amide bonds. The third kappa shape index (κ3) is 3.93. The molecule has 5 nitrogen and oxygen atoms in total. The molecule has 1 heterocycles. The minimum Gasteiger partial charge on any atom is -0.390 e. The van der Waals surface area contributed by atoms with Gasteiger partial charge in [0.25, 0.3) is 5.91 Å². The van der Waals surface area contributed by atoms with Gasteiger partial charge < -0.3 is 14.7 Å². The number of carbonyl (C=O) groups is 1. The van der Waals surface area contributed by atoms with Crippen molar-refractivity contribution in [2.45, 2.75) is 6.10 Å². The number of ether oxygens (including phenoxy) is 1. The number of carbonyl (C=O) groups excluding carboxylic acids is 1. The maximum Gasteiger partial charge on any atom is 0.254 e. The first-order chi connectivity index (χ1) is 11.6. The van der Waals surface area contributed by atoms with E-state index in [4.69, 9.17) is 4.74 Å². The van der Waals surface area contributed by atoms with Gasteiger partial charge in [-0.05, 0) is 16.8 Å². The molecule has 0 saturated carbocycles. The van der Waals surface area contributed by atoms with E-state index in [1.165, 1.54) is 0 Å². The molecule has 0 aromatic heterocycles. The van der Waals surface area contributed by atoms with Crippen LogP contribution in [0.3, 0.4) is 0 Å². The number of nitrogens with zero attached hydrogens (tertiary/aromatic N) is 2. The Balaban J connectivity index is 1.65. The molecule has 128 valence electrons. The van der Waals surface area contributed by atoms with Crippen molar-refractivity contribution < 1.29 is 14.6 Å². The Morgan fingerprint density at radius 1 is 1.21 bits per heavy atom. The first-order valence-electron chi connectivity index (χ1n) is 8.36. The van der Waals surface area contributed by atoms with Crippen LogP contribution in [0.2, 0.25) is 0 Å². The summed E-state index contributed by atoms with van der Waals surface area (Å²) in [5.74, 6) is -0.0622. The fourth-order valence-electron chi connectivity index (χ4n) is 3.16. The van der Waals surface area contributed by atoms with E-state index >= 15 is 0 Å². The van der Waals surface area contributed by atoms with E-state index in [0.717, 1.165) is 23.9 Å². The largest absolute Gasteiger partial charge is 0.390 e. The Labute approximate surface area is 142 Å². The number of aliphatic hydroxyl groups is 1. The van der Waals surface area contributed by atoms with Crippen LogP contribution in [0, 0.1) is 0 Å². The quantitative estimate of drug-likeness (QED) is 0.906. The first kappa shape index (κ1) is 16.9. The van der Waals surface area contributed by atoms with Crippen molar-refractivity contribution in [1.82, 2.24) is 9.80 Å². The summed E-state index contributed by atoms with van der Waals surface area (Å²) in [4.78, 5) is 16.5. The number of rotatable bonds is 5. The maximum absolute atomic E-state index is 12.8. The van der Waals surface area contributed by atoms with Gasteiger partial charge in [0.15, 0.2) is 0 Å². The molecule has 1 aliphatic rings. The Morgan fingerprint density at radius 3 is 2.71 bits per heavy atom. The van der Waals surface area contributed by atoms with Gasteiger partial charge in [0.2, 0.25) is 0 Å². The van der Waals surface area contributed by atoms with Crippen molar-refractivity contribution in [3.05, 3.63) is 48.0 Å². The molecule has 0 aliphatic carbocycles.